The Labute approximate surface area is 171 Å². The zero-order valence-electron chi connectivity index (χ0n) is 15.8. The molecule has 1 fully saturated rings. The monoisotopic (exact) mass is 487 g/mol. The van der Waals surface area contributed by atoms with Crippen LogP contribution in [0.25, 0.3) is 0 Å². The molecule has 1 heterocycles. The molecule has 1 aliphatic heterocycles. The van der Waals surface area contributed by atoms with Gasteiger partial charge in [0.2, 0.25) is 5.91 Å². The third-order valence-corrected chi connectivity index (χ3v) is 3.84. The predicted octanol–water partition coefficient (Wildman–Crippen LogP) is 1.21. The van der Waals surface area contributed by atoms with Crippen molar-refractivity contribution in [2.45, 2.75) is 32.2 Å². The van der Waals surface area contributed by atoms with E-state index >= 15 is 0 Å². The van der Waals surface area contributed by atoms with Crippen LogP contribution in [0.5, 0.6) is 0 Å². The van der Waals surface area contributed by atoms with Crippen LogP contribution >= 0.6 is 24.0 Å². The van der Waals surface area contributed by atoms with Crippen molar-refractivity contribution in [1.29, 1.82) is 0 Å². The predicted molar refractivity (Wildman–Crippen MR) is 110 cm³/mol. The molecule has 1 saturated heterocycles. The van der Waals surface area contributed by atoms with Crippen LogP contribution in [-0.2, 0) is 9.53 Å². The minimum absolute atomic E-state index is 0. The molecule has 0 radical (unpaired) electrons. The van der Waals surface area contributed by atoms with Crippen molar-refractivity contribution in [3.63, 3.8) is 0 Å². The van der Waals surface area contributed by atoms with Crippen LogP contribution in [0.1, 0.15) is 26.2 Å². The van der Waals surface area contributed by atoms with Crippen LogP contribution in [0.2, 0.25) is 0 Å². The summed E-state index contributed by atoms with van der Waals surface area (Å²) in [6.45, 7) is 3.42. The van der Waals surface area contributed by atoms with Gasteiger partial charge in [-0.05, 0) is 26.2 Å². The number of amides is 2. The maximum absolute atomic E-state index is 12.3. The molecule has 26 heavy (non-hydrogen) atoms. The lowest BCUT2D eigenvalue weighted by Gasteiger charge is -2.32. The van der Waals surface area contributed by atoms with E-state index in [0.29, 0.717) is 38.6 Å². The second-order valence-electron chi connectivity index (χ2n) is 6.03. The molecule has 0 aliphatic carbocycles. The second-order valence-corrected chi connectivity index (χ2v) is 6.03. The van der Waals surface area contributed by atoms with E-state index in [2.05, 4.69) is 15.6 Å². The third kappa shape index (κ3) is 9.39. The average Bonchev–Trinajstić information content (AvgIpc) is 2.60. The summed E-state index contributed by atoms with van der Waals surface area (Å²) >= 11 is 0. The molecule has 2 amide bonds. The normalized spacial score (nSPS) is 15.1. The molecular formula is C16H31FIN5O3. The largest absolute Gasteiger partial charge is 0.450 e. The summed E-state index contributed by atoms with van der Waals surface area (Å²) in [5.74, 6) is 0.391. The van der Waals surface area contributed by atoms with Gasteiger partial charge in [0.25, 0.3) is 0 Å². The lowest BCUT2D eigenvalue weighted by Crippen LogP contribution is -2.50. The lowest BCUT2D eigenvalue weighted by molar-refractivity contribution is -0.127. The van der Waals surface area contributed by atoms with Gasteiger partial charge in [0.05, 0.1) is 13.3 Å². The van der Waals surface area contributed by atoms with E-state index in [-0.39, 0.29) is 48.6 Å². The number of halogens is 2. The number of nitrogens with zero attached hydrogens (tertiary/aromatic N) is 3. The minimum atomic E-state index is -0.408. The highest BCUT2D eigenvalue weighted by Crippen LogP contribution is 2.11. The van der Waals surface area contributed by atoms with Crippen molar-refractivity contribution in [1.82, 2.24) is 20.4 Å². The van der Waals surface area contributed by atoms with Crippen LogP contribution in [0, 0.1) is 0 Å². The van der Waals surface area contributed by atoms with Crippen molar-refractivity contribution in [2.24, 2.45) is 4.99 Å². The molecule has 0 saturated carbocycles. The summed E-state index contributed by atoms with van der Waals surface area (Å²) in [4.78, 5) is 30.8. The second kappa shape index (κ2) is 13.8. The molecule has 0 unspecified atom stereocenters. The topological polar surface area (TPSA) is 86.3 Å². The van der Waals surface area contributed by atoms with Gasteiger partial charge in [-0.25, -0.2) is 9.79 Å². The van der Waals surface area contributed by atoms with Gasteiger partial charge >= 0.3 is 6.09 Å². The molecule has 152 valence electrons. The summed E-state index contributed by atoms with van der Waals surface area (Å²) in [7, 11) is 3.35. The summed E-state index contributed by atoms with van der Waals surface area (Å²) in [5, 5.41) is 6.31. The molecule has 0 aromatic rings. The van der Waals surface area contributed by atoms with E-state index in [1.54, 1.807) is 25.9 Å². The molecule has 8 nitrogen and oxygen atoms in total. The Morgan fingerprint density at radius 1 is 1.31 bits per heavy atom. The number of carbonyl (C=O) groups is 2. The Kier molecular flexibility index (Phi) is 13.1. The molecule has 0 spiro atoms. The first-order valence-electron chi connectivity index (χ1n) is 8.70. The van der Waals surface area contributed by atoms with E-state index in [4.69, 9.17) is 4.74 Å². The van der Waals surface area contributed by atoms with Crippen molar-refractivity contribution >= 4 is 41.9 Å². The van der Waals surface area contributed by atoms with E-state index < -0.39 is 6.67 Å². The SMILES string of the molecule is CCOC(=O)N1CCC(NC(=NCC(=O)N(C)C)NCCCF)CC1.I. The van der Waals surface area contributed by atoms with E-state index in [1.807, 2.05) is 0 Å². The van der Waals surface area contributed by atoms with Crippen LogP contribution in [0.4, 0.5) is 9.18 Å². The number of hydrogen-bond acceptors (Lipinski definition) is 4. The van der Waals surface area contributed by atoms with Crippen LogP contribution < -0.4 is 10.6 Å². The fourth-order valence-corrected chi connectivity index (χ4v) is 2.33. The minimum Gasteiger partial charge on any atom is -0.450 e. The molecule has 10 heteroatoms. The zero-order chi connectivity index (χ0) is 18.7. The Bertz CT molecular complexity index is 457. The number of nitrogens with one attached hydrogen (secondary N) is 2. The number of rotatable bonds is 7. The van der Waals surface area contributed by atoms with Crippen LogP contribution in [0.15, 0.2) is 4.99 Å². The van der Waals surface area contributed by atoms with Crippen molar-refractivity contribution < 1.29 is 18.7 Å². The van der Waals surface area contributed by atoms with Gasteiger partial charge in [-0.3, -0.25) is 9.18 Å². The Hall–Kier alpha value is -1.33. The number of likely N-dealkylation sites (N-methyl/N-ethyl adjacent to an activating group) is 1. The maximum atomic E-state index is 12.3. The van der Waals surface area contributed by atoms with Gasteiger partial charge in [0.1, 0.15) is 6.54 Å². The molecular weight excluding hydrogens is 456 g/mol. The molecule has 0 aromatic heterocycles. The zero-order valence-corrected chi connectivity index (χ0v) is 18.1. The third-order valence-electron chi connectivity index (χ3n) is 3.84. The van der Waals surface area contributed by atoms with Crippen LogP contribution in [-0.4, -0.2) is 87.4 Å². The highest BCUT2D eigenvalue weighted by Gasteiger charge is 2.24. The number of carbonyl (C=O) groups excluding carboxylic acids is 2. The number of piperidine rings is 1. The van der Waals surface area contributed by atoms with Gasteiger partial charge in [-0.1, -0.05) is 0 Å². The molecule has 2 N–H and O–H groups in total. The van der Waals surface area contributed by atoms with Crippen molar-refractivity contribution in [3.8, 4) is 0 Å². The fourth-order valence-electron chi connectivity index (χ4n) is 2.33. The highest BCUT2D eigenvalue weighted by atomic mass is 127. The molecule has 1 rings (SSSR count). The maximum Gasteiger partial charge on any atom is 0.409 e. The smallest absolute Gasteiger partial charge is 0.409 e. The first kappa shape index (κ1) is 24.7. The molecule has 1 aliphatic rings. The Balaban J connectivity index is 0.00000625. The lowest BCUT2D eigenvalue weighted by atomic mass is 10.1. The van der Waals surface area contributed by atoms with E-state index in [1.165, 1.54) is 4.90 Å². The number of likely N-dealkylation sites (tertiary alicyclic amines) is 1. The number of hydrogen-bond donors (Lipinski definition) is 2. The standard InChI is InChI=1S/C16H30FN5O3.HI/c1-4-25-16(24)22-10-6-13(7-11-22)20-15(18-9-5-8-17)19-12-14(23)21(2)3;/h13H,4-12H2,1-3H3,(H2,18,19,20);1H. The number of aliphatic imine (C=N–C) groups is 1. The highest BCUT2D eigenvalue weighted by molar-refractivity contribution is 14.0. The Morgan fingerprint density at radius 2 is 1.96 bits per heavy atom. The quantitative estimate of drug-likeness (QED) is 0.244. The van der Waals surface area contributed by atoms with Gasteiger partial charge in [0.15, 0.2) is 5.96 Å². The molecule has 0 aromatic carbocycles. The van der Waals surface area contributed by atoms with Gasteiger partial charge in [0, 0.05) is 39.8 Å². The van der Waals surface area contributed by atoms with Crippen molar-refractivity contribution in [3.05, 3.63) is 0 Å². The van der Waals surface area contributed by atoms with Gasteiger partial charge in [-0.15, -0.1) is 24.0 Å². The van der Waals surface area contributed by atoms with Crippen molar-refractivity contribution in [2.75, 3.05) is 53.6 Å². The van der Waals surface area contributed by atoms with Gasteiger partial charge < -0.3 is 25.2 Å². The van der Waals surface area contributed by atoms with E-state index in [0.717, 1.165) is 12.8 Å². The van der Waals surface area contributed by atoms with Gasteiger partial charge in [-0.2, -0.15) is 0 Å². The van der Waals surface area contributed by atoms with Crippen LogP contribution in [0.3, 0.4) is 0 Å². The summed E-state index contributed by atoms with van der Waals surface area (Å²) in [6.07, 6.45) is 1.60. The fraction of sp³-hybridized carbons (Fsp3) is 0.812. The number of guanidine groups is 1. The summed E-state index contributed by atoms with van der Waals surface area (Å²) in [5.41, 5.74) is 0. The van der Waals surface area contributed by atoms with E-state index in [9.17, 15) is 14.0 Å². The molecule has 0 atom stereocenters. The molecule has 0 bridgehead atoms. The first-order valence-corrected chi connectivity index (χ1v) is 8.70. The first-order chi connectivity index (χ1) is 12.0. The Morgan fingerprint density at radius 3 is 2.50 bits per heavy atom. The average molecular weight is 487 g/mol. The number of alkyl halides is 1. The summed E-state index contributed by atoms with van der Waals surface area (Å²) < 4.78 is 17.3. The number of ether oxygens (including phenoxy) is 1. The summed E-state index contributed by atoms with van der Waals surface area (Å²) in [6, 6.07) is 0.136.